The smallest absolute Gasteiger partial charge is 0.328 e. The molecule has 1 atom stereocenters. The van der Waals surface area contributed by atoms with Crippen LogP contribution in [0.1, 0.15) is 6.42 Å². The van der Waals surface area contributed by atoms with Crippen LogP contribution in [0.3, 0.4) is 0 Å². The number of thiocarbonyl (C=S) groups is 1. The van der Waals surface area contributed by atoms with Crippen LogP contribution in [-0.2, 0) is 9.53 Å². The quantitative estimate of drug-likeness (QED) is 0.380. The highest BCUT2D eigenvalue weighted by Gasteiger charge is 2.27. The Labute approximate surface area is 124 Å². The van der Waals surface area contributed by atoms with Crippen LogP contribution in [-0.4, -0.2) is 28.7 Å². The lowest BCUT2D eigenvalue weighted by atomic mass is 10.2. The van der Waals surface area contributed by atoms with Crippen molar-refractivity contribution in [3.63, 3.8) is 0 Å². The number of carbonyl (C=O) groups excluding carboxylic acids is 1. The van der Waals surface area contributed by atoms with Gasteiger partial charge in [-0.15, -0.1) is 0 Å². The standard InChI is InChI=1S/C11H10ClN3O4S/c12-7-2-1-6(15(17)18)5-9(7)14-11(20)13-8-3-4-19-10(8)16/h1-2,5,8H,3-4H2,(H2,13,14,20)/t8-/m0/s1. The lowest BCUT2D eigenvalue weighted by molar-refractivity contribution is -0.384. The molecule has 1 aliphatic rings. The largest absolute Gasteiger partial charge is 0.464 e. The molecule has 0 spiro atoms. The molecule has 0 saturated carbocycles. The number of non-ortho nitro benzene ring substituents is 1. The number of cyclic esters (lactones) is 1. The first-order valence-corrected chi connectivity index (χ1v) is 6.44. The average Bonchev–Trinajstić information content (AvgIpc) is 2.77. The minimum Gasteiger partial charge on any atom is -0.464 e. The van der Waals surface area contributed by atoms with Crippen LogP contribution < -0.4 is 10.6 Å². The molecule has 1 saturated heterocycles. The Morgan fingerprint density at radius 1 is 1.55 bits per heavy atom. The molecule has 7 nitrogen and oxygen atoms in total. The number of benzene rings is 1. The number of nitrogens with one attached hydrogen (secondary N) is 2. The average molecular weight is 316 g/mol. The number of nitrogens with zero attached hydrogens (tertiary/aromatic N) is 1. The van der Waals surface area contributed by atoms with E-state index in [1.54, 1.807) is 0 Å². The Balaban J connectivity index is 2.05. The van der Waals surface area contributed by atoms with E-state index in [0.29, 0.717) is 18.7 Å². The molecule has 1 aromatic rings. The topological polar surface area (TPSA) is 93.5 Å². The lowest BCUT2D eigenvalue weighted by Crippen LogP contribution is -2.40. The van der Waals surface area contributed by atoms with Crippen LogP contribution in [0.25, 0.3) is 0 Å². The highest BCUT2D eigenvalue weighted by atomic mass is 35.5. The summed E-state index contributed by atoms with van der Waals surface area (Å²) in [4.78, 5) is 21.4. The molecule has 0 radical (unpaired) electrons. The number of nitro groups is 1. The summed E-state index contributed by atoms with van der Waals surface area (Å²) in [5.41, 5.74) is 0.185. The Kier molecular flexibility index (Phi) is 4.35. The van der Waals surface area contributed by atoms with Crippen molar-refractivity contribution < 1.29 is 14.5 Å². The van der Waals surface area contributed by atoms with E-state index in [1.165, 1.54) is 18.2 Å². The molecule has 0 unspecified atom stereocenters. The summed E-state index contributed by atoms with van der Waals surface area (Å²) in [5.74, 6) is -0.376. The molecule has 9 heteroatoms. The number of esters is 1. The maximum atomic E-state index is 11.3. The maximum absolute atomic E-state index is 11.3. The van der Waals surface area contributed by atoms with Crippen LogP contribution in [0, 0.1) is 10.1 Å². The minimum absolute atomic E-state index is 0.111. The number of nitro benzene ring substituents is 1. The van der Waals surface area contributed by atoms with Gasteiger partial charge < -0.3 is 15.4 Å². The normalized spacial score (nSPS) is 17.4. The Morgan fingerprint density at radius 3 is 2.90 bits per heavy atom. The van der Waals surface area contributed by atoms with Crippen LogP contribution in [0.2, 0.25) is 5.02 Å². The fourth-order valence-electron chi connectivity index (χ4n) is 1.67. The zero-order chi connectivity index (χ0) is 14.7. The molecule has 1 aliphatic heterocycles. The third kappa shape index (κ3) is 3.34. The number of rotatable bonds is 3. The van der Waals surface area contributed by atoms with Crippen molar-refractivity contribution in [1.82, 2.24) is 5.32 Å². The number of hydrogen-bond donors (Lipinski definition) is 2. The molecule has 1 fully saturated rings. The summed E-state index contributed by atoms with van der Waals surface area (Å²) < 4.78 is 4.79. The van der Waals surface area contributed by atoms with E-state index in [1.807, 2.05) is 0 Å². The molecule has 1 heterocycles. The van der Waals surface area contributed by atoms with E-state index in [4.69, 9.17) is 28.6 Å². The van der Waals surface area contributed by atoms with Crippen LogP contribution in [0.5, 0.6) is 0 Å². The highest BCUT2D eigenvalue weighted by molar-refractivity contribution is 7.80. The van der Waals surface area contributed by atoms with Crippen molar-refractivity contribution in [3.05, 3.63) is 33.3 Å². The van der Waals surface area contributed by atoms with Crippen molar-refractivity contribution in [1.29, 1.82) is 0 Å². The fourth-order valence-corrected chi connectivity index (χ4v) is 2.08. The SMILES string of the molecule is O=C1OCC[C@@H]1NC(=S)Nc1cc([N+](=O)[O-])ccc1Cl. The van der Waals surface area contributed by atoms with E-state index in [0.717, 1.165) is 0 Å². The van der Waals surface area contributed by atoms with Crippen LogP contribution >= 0.6 is 23.8 Å². The van der Waals surface area contributed by atoms with Gasteiger partial charge in [-0.3, -0.25) is 10.1 Å². The molecule has 106 valence electrons. The first-order chi connectivity index (χ1) is 9.47. The summed E-state index contributed by atoms with van der Waals surface area (Å²) in [5, 5.41) is 16.6. The molecule has 2 N–H and O–H groups in total. The first-order valence-electron chi connectivity index (χ1n) is 5.65. The van der Waals surface area contributed by atoms with Gasteiger partial charge in [-0.25, -0.2) is 4.79 Å². The van der Waals surface area contributed by atoms with Gasteiger partial charge in [0.15, 0.2) is 5.11 Å². The Hall–Kier alpha value is -1.93. The van der Waals surface area contributed by atoms with Crippen molar-refractivity contribution in [2.24, 2.45) is 0 Å². The van der Waals surface area contributed by atoms with Gasteiger partial charge in [-0.1, -0.05) is 11.6 Å². The molecule has 20 heavy (non-hydrogen) atoms. The zero-order valence-corrected chi connectivity index (χ0v) is 11.7. The van der Waals surface area contributed by atoms with Crippen molar-refractivity contribution in [2.75, 3.05) is 11.9 Å². The Morgan fingerprint density at radius 2 is 2.30 bits per heavy atom. The fraction of sp³-hybridized carbons (Fsp3) is 0.273. The molecule has 1 aromatic carbocycles. The summed E-state index contributed by atoms with van der Waals surface area (Å²) >= 11 is 11.0. The van der Waals surface area contributed by atoms with E-state index in [9.17, 15) is 14.9 Å². The van der Waals surface area contributed by atoms with E-state index in [2.05, 4.69) is 10.6 Å². The van der Waals surface area contributed by atoms with Crippen molar-refractivity contribution in [3.8, 4) is 0 Å². The molecule has 0 amide bonds. The number of halogens is 1. The second-order valence-corrected chi connectivity index (χ2v) is 4.84. The van der Waals surface area contributed by atoms with Crippen LogP contribution in [0.15, 0.2) is 18.2 Å². The molecule has 0 aliphatic carbocycles. The molecule has 0 aromatic heterocycles. The van der Waals surface area contributed by atoms with E-state index in [-0.39, 0.29) is 21.8 Å². The van der Waals surface area contributed by atoms with Gasteiger partial charge in [0.25, 0.3) is 5.69 Å². The second kappa shape index (κ2) is 6.02. The molecule has 2 rings (SSSR count). The first kappa shape index (κ1) is 14.5. The summed E-state index contributed by atoms with van der Waals surface area (Å²) in [6.07, 6.45) is 0.517. The predicted octanol–water partition coefficient (Wildman–Crippen LogP) is 1.85. The number of anilines is 1. The summed E-state index contributed by atoms with van der Waals surface area (Å²) in [7, 11) is 0. The van der Waals surface area contributed by atoms with Crippen molar-refractivity contribution in [2.45, 2.75) is 12.5 Å². The third-order valence-corrected chi connectivity index (χ3v) is 3.20. The second-order valence-electron chi connectivity index (χ2n) is 4.03. The molecular formula is C11H10ClN3O4S. The molecular weight excluding hydrogens is 306 g/mol. The number of carbonyl (C=O) groups is 1. The highest BCUT2D eigenvalue weighted by Crippen LogP contribution is 2.26. The zero-order valence-electron chi connectivity index (χ0n) is 10.1. The van der Waals surface area contributed by atoms with Crippen LogP contribution in [0.4, 0.5) is 11.4 Å². The van der Waals surface area contributed by atoms with Gasteiger partial charge in [0.1, 0.15) is 6.04 Å². The van der Waals surface area contributed by atoms with Gasteiger partial charge >= 0.3 is 5.97 Å². The van der Waals surface area contributed by atoms with Gasteiger partial charge in [-0.2, -0.15) is 0 Å². The molecule has 0 bridgehead atoms. The summed E-state index contributed by atoms with van der Waals surface area (Å²) in [6, 6.07) is 3.45. The summed E-state index contributed by atoms with van der Waals surface area (Å²) in [6.45, 7) is 0.344. The number of hydrogen-bond acceptors (Lipinski definition) is 5. The van der Waals surface area contributed by atoms with Crippen molar-refractivity contribution >= 4 is 46.3 Å². The third-order valence-electron chi connectivity index (χ3n) is 2.65. The van der Waals surface area contributed by atoms with Gasteiger partial charge in [0.05, 0.1) is 22.2 Å². The Bertz CT molecular complexity index is 581. The van der Waals surface area contributed by atoms with Gasteiger partial charge in [-0.05, 0) is 18.3 Å². The van der Waals surface area contributed by atoms with E-state index >= 15 is 0 Å². The van der Waals surface area contributed by atoms with Gasteiger partial charge in [0.2, 0.25) is 0 Å². The lowest BCUT2D eigenvalue weighted by Gasteiger charge is -2.14. The van der Waals surface area contributed by atoms with Gasteiger partial charge in [0, 0.05) is 18.6 Å². The van der Waals surface area contributed by atoms with E-state index < -0.39 is 11.0 Å². The maximum Gasteiger partial charge on any atom is 0.328 e. The monoisotopic (exact) mass is 315 g/mol. The minimum atomic E-state index is -0.535. The predicted molar refractivity (Wildman–Crippen MR) is 76.8 cm³/mol. The number of ether oxygens (including phenoxy) is 1.